The quantitative estimate of drug-likeness (QED) is 0.885. The van der Waals surface area contributed by atoms with Crippen LogP contribution in [0, 0.1) is 6.92 Å². The average Bonchev–Trinajstić information content (AvgIpc) is 2.86. The molecule has 0 spiro atoms. The zero-order chi connectivity index (χ0) is 14.8. The van der Waals surface area contributed by atoms with Gasteiger partial charge in [-0.25, -0.2) is 9.97 Å². The largest absolute Gasteiger partial charge is 0.383 e. The average molecular weight is 278 g/mol. The normalized spacial score (nSPS) is 19.3. The molecule has 3 N–H and O–H groups in total. The van der Waals surface area contributed by atoms with Crippen molar-refractivity contribution in [2.45, 2.75) is 58.5 Å². The molecule has 1 aromatic rings. The summed E-state index contributed by atoms with van der Waals surface area (Å²) < 4.78 is 5.63. The number of ether oxygens (including phenoxy) is 1. The molecular weight excluding hydrogens is 252 g/mol. The van der Waals surface area contributed by atoms with E-state index in [1.165, 1.54) is 12.8 Å². The van der Waals surface area contributed by atoms with Gasteiger partial charge in [0.05, 0.1) is 6.10 Å². The summed E-state index contributed by atoms with van der Waals surface area (Å²) in [5, 5.41) is 3.38. The molecule has 0 amide bonds. The summed E-state index contributed by atoms with van der Waals surface area (Å²) in [4.78, 5) is 9.02. The van der Waals surface area contributed by atoms with E-state index in [0.29, 0.717) is 11.9 Å². The van der Waals surface area contributed by atoms with Gasteiger partial charge >= 0.3 is 0 Å². The standard InChI is InChI=1S/C15H26N4O/c1-10-12(16)18-14(15(2,3)4)19-13(10)17-8-7-11-6-5-9-20-11/h11H,5-9H2,1-4H3,(H3,16,17,18,19). The van der Waals surface area contributed by atoms with Crippen molar-refractivity contribution >= 4 is 11.6 Å². The number of aromatic nitrogens is 2. The van der Waals surface area contributed by atoms with Crippen molar-refractivity contribution in [1.29, 1.82) is 0 Å². The lowest BCUT2D eigenvalue weighted by Crippen LogP contribution is -2.20. The van der Waals surface area contributed by atoms with Crippen molar-refractivity contribution in [2.75, 3.05) is 24.2 Å². The molecule has 1 atom stereocenters. The van der Waals surface area contributed by atoms with Crippen LogP contribution in [0.1, 0.15) is 51.4 Å². The first kappa shape index (κ1) is 15.0. The number of nitrogens with zero attached hydrogens (tertiary/aromatic N) is 2. The Morgan fingerprint density at radius 1 is 1.35 bits per heavy atom. The third kappa shape index (κ3) is 3.60. The molecule has 0 radical (unpaired) electrons. The number of anilines is 2. The molecule has 2 rings (SSSR count). The molecule has 20 heavy (non-hydrogen) atoms. The van der Waals surface area contributed by atoms with Crippen LogP contribution in [0.2, 0.25) is 0 Å². The van der Waals surface area contributed by atoms with Crippen LogP contribution in [-0.2, 0) is 10.2 Å². The predicted molar refractivity (Wildman–Crippen MR) is 82.0 cm³/mol. The lowest BCUT2D eigenvalue weighted by Gasteiger charge is -2.20. The minimum atomic E-state index is -0.104. The molecule has 5 nitrogen and oxygen atoms in total. The molecule has 1 aromatic heterocycles. The van der Waals surface area contributed by atoms with Gasteiger partial charge in [0, 0.05) is 24.1 Å². The Hall–Kier alpha value is -1.36. The summed E-state index contributed by atoms with van der Waals surface area (Å²) in [6.45, 7) is 9.98. The van der Waals surface area contributed by atoms with Gasteiger partial charge in [-0.05, 0) is 26.2 Å². The van der Waals surface area contributed by atoms with Crippen LogP contribution in [0.25, 0.3) is 0 Å². The molecular formula is C15H26N4O. The number of nitrogen functional groups attached to an aromatic ring is 1. The fourth-order valence-corrected chi connectivity index (χ4v) is 2.27. The van der Waals surface area contributed by atoms with Gasteiger partial charge in [0.1, 0.15) is 17.5 Å². The molecule has 0 bridgehead atoms. The highest BCUT2D eigenvalue weighted by atomic mass is 16.5. The zero-order valence-electron chi connectivity index (χ0n) is 13.0. The summed E-state index contributed by atoms with van der Waals surface area (Å²) in [5.41, 5.74) is 6.81. The maximum Gasteiger partial charge on any atom is 0.138 e. The maximum atomic E-state index is 6.00. The Bertz CT molecular complexity index is 462. The van der Waals surface area contributed by atoms with E-state index < -0.39 is 0 Å². The fraction of sp³-hybridized carbons (Fsp3) is 0.733. The smallest absolute Gasteiger partial charge is 0.138 e. The molecule has 5 heteroatoms. The Labute approximate surface area is 121 Å². The Morgan fingerprint density at radius 3 is 2.70 bits per heavy atom. The predicted octanol–water partition coefficient (Wildman–Crippen LogP) is 2.65. The van der Waals surface area contributed by atoms with Crippen LogP contribution >= 0.6 is 0 Å². The van der Waals surface area contributed by atoms with Gasteiger partial charge in [-0.1, -0.05) is 20.8 Å². The first-order chi connectivity index (χ1) is 9.38. The molecule has 1 aliphatic rings. The highest BCUT2D eigenvalue weighted by Gasteiger charge is 2.20. The maximum absolute atomic E-state index is 6.00. The summed E-state index contributed by atoms with van der Waals surface area (Å²) in [6, 6.07) is 0. The number of nitrogens with two attached hydrogens (primary N) is 1. The topological polar surface area (TPSA) is 73.1 Å². The van der Waals surface area contributed by atoms with Gasteiger partial charge in [0.15, 0.2) is 0 Å². The molecule has 0 aliphatic carbocycles. The molecule has 1 unspecified atom stereocenters. The van der Waals surface area contributed by atoms with Gasteiger partial charge in [-0.3, -0.25) is 0 Å². The number of hydrogen-bond acceptors (Lipinski definition) is 5. The summed E-state index contributed by atoms with van der Waals surface area (Å²) in [6.07, 6.45) is 3.75. The molecule has 1 saturated heterocycles. The molecule has 112 valence electrons. The lowest BCUT2D eigenvalue weighted by molar-refractivity contribution is 0.107. The summed E-state index contributed by atoms with van der Waals surface area (Å²) in [5.74, 6) is 2.19. The van der Waals surface area contributed by atoms with Crippen LogP contribution < -0.4 is 11.1 Å². The minimum absolute atomic E-state index is 0.104. The second kappa shape index (κ2) is 5.95. The van der Waals surface area contributed by atoms with Crippen molar-refractivity contribution in [3.63, 3.8) is 0 Å². The third-order valence-corrected chi connectivity index (χ3v) is 3.64. The fourth-order valence-electron chi connectivity index (χ4n) is 2.27. The van der Waals surface area contributed by atoms with E-state index in [0.717, 1.165) is 36.8 Å². The summed E-state index contributed by atoms with van der Waals surface area (Å²) >= 11 is 0. The number of nitrogens with one attached hydrogen (secondary N) is 1. The Kier molecular flexibility index (Phi) is 4.48. The highest BCUT2D eigenvalue weighted by molar-refractivity contribution is 5.55. The van der Waals surface area contributed by atoms with E-state index in [1.807, 2.05) is 6.92 Å². The van der Waals surface area contributed by atoms with Gasteiger partial charge in [0.25, 0.3) is 0 Å². The van der Waals surface area contributed by atoms with E-state index in [9.17, 15) is 0 Å². The minimum Gasteiger partial charge on any atom is -0.383 e. The van der Waals surface area contributed by atoms with Crippen LogP contribution in [0.15, 0.2) is 0 Å². The van der Waals surface area contributed by atoms with Crippen molar-refractivity contribution in [3.8, 4) is 0 Å². The lowest BCUT2D eigenvalue weighted by atomic mass is 9.95. The molecule has 2 heterocycles. The van der Waals surface area contributed by atoms with Crippen molar-refractivity contribution < 1.29 is 4.74 Å². The second-order valence-corrected chi connectivity index (χ2v) is 6.51. The van der Waals surface area contributed by atoms with E-state index in [2.05, 4.69) is 36.1 Å². The third-order valence-electron chi connectivity index (χ3n) is 3.64. The van der Waals surface area contributed by atoms with Crippen LogP contribution in [0.5, 0.6) is 0 Å². The van der Waals surface area contributed by atoms with E-state index in [4.69, 9.17) is 10.5 Å². The molecule has 0 aromatic carbocycles. The molecule has 0 saturated carbocycles. The second-order valence-electron chi connectivity index (χ2n) is 6.51. The van der Waals surface area contributed by atoms with Crippen LogP contribution in [0.3, 0.4) is 0 Å². The van der Waals surface area contributed by atoms with Crippen molar-refractivity contribution in [3.05, 3.63) is 11.4 Å². The Balaban J connectivity index is 2.04. The first-order valence-corrected chi connectivity index (χ1v) is 7.38. The van der Waals surface area contributed by atoms with Gasteiger partial charge in [-0.2, -0.15) is 0 Å². The van der Waals surface area contributed by atoms with Crippen molar-refractivity contribution in [2.24, 2.45) is 0 Å². The van der Waals surface area contributed by atoms with E-state index >= 15 is 0 Å². The Morgan fingerprint density at radius 2 is 2.10 bits per heavy atom. The number of rotatable bonds is 4. The van der Waals surface area contributed by atoms with Gasteiger partial charge in [-0.15, -0.1) is 0 Å². The summed E-state index contributed by atoms with van der Waals surface area (Å²) in [7, 11) is 0. The number of hydrogen-bond donors (Lipinski definition) is 2. The van der Waals surface area contributed by atoms with E-state index in [1.54, 1.807) is 0 Å². The van der Waals surface area contributed by atoms with E-state index in [-0.39, 0.29) is 5.41 Å². The van der Waals surface area contributed by atoms with Crippen LogP contribution in [-0.4, -0.2) is 29.2 Å². The molecule has 1 fully saturated rings. The first-order valence-electron chi connectivity index (χ1n) is 7.38. The monoisotopic (exact) mass is 278 g/mol. The molecule has 1 aliphatic heterocycles. The van der Waals surface area contributed by atoms with Crippen molar-refractivity contribution in [1.82, 2.24) is 9.97 Å². The highest BCUT2D eigenvalue weighted by Crippen LogP contribution is 2.25. The van der Waals surface area contributed by atoms with Gasteiger partial charge < -0.3 is 15.8 Å². The van der Waals surface area contributed by atoms with Crippen LogP contribution in [0.4, 0.5) is 11.6 Å². The van der Waals surface area contributed by atoms with Gasteiger partial charge in [0.2, 0.25) is 0 Å². The SMILES string of the molecule is Cc1c(N)nc(C(C)(C)C)nc1NCCC1CCCO1. The zero-order valence-corrected chi connectivity index (χ0v) is 13.0.